The highest BCUT2D eigenvalue weighted by Crippen LogP contribution is 2.25. The SMILES string of the molecule is O=C(Nc1ccc(F)cc1F)N1CCN(Cc2cc(=O)n3nc(-c4ccc(Cl)cc4)sc3n2)CC1. The second kappa shape index (κ2) is 9.68. The normalized spacial score (nSPS) is 14.4. The summed E-state index contributed by atoms with van der Waals surface area (Å²) in [5.41, 5.74) is 1.13. The summed E-state index contributed by atoms with van der Waals surface area (Å²) in [5.74, 6) is -1.54. The average Bonchev–Trinajstić information content (AvgIpc) is 3.26. The molecule has 12 heteroatoms. The van der Waals surface area contributed by atoms with Gasteiger partial charge in [0.1, 0.15) is 16.6 Å². The maximum Gasteiger partial charge on any atom is 0.322 e. The minimum atomic E-state index is -0.827. The quantitative estimate of drug-likeness (QED) is 0.441. The van der Waals surface area contributed by atoms with E-state index in [0.717, 1.165) is 17.7 Å². The Hall–Kier alpha value is -3.41. The summed E-state index contributed by atoms with van der Waals surface area (Å²) in [5, 5.41) is 8.14. The fourth-order valence-corrected chi connectivity index (χ4v) is 4.83. The second-order valence-corrected chi connectivity index (χ2v) is 9.40. The van der Waals surface area contributed by atoms with Crippen LogP contribution in [0.4, 0.5) is 19.3 Å². The van der Waals surface area contributed by atoms with E-state index in [1.807, 2.05) is 12.1 Å². The predicted molar refractivity (Wildman–Crippen MR) is 130 cm³/mol. The van der Waals surface area contributed by atoms with Crippen molar-refractivity contribution in [3.05, 3.63) is 81.2 Å². The summed E-state index contributed by atoms with van der Waals surface area (Å²) in [6, 6.07) is 11.2. The van der Waals surface area contributed by atoms with Crippen LogP contribution >= 0.6 is 22.9 Å². The van der Waals surface area contributed by atoms with E-state index >= 15 is 0 Å². The van der Waals surface area contributed by atoms with Crippen LogP contribution in [0.2, 0.25) is 5.02 Å². The molecule has 0 aliphatic carbocycles. The van der Waals surface area contributed by atoms with Crippen molar-refractivity contribution >= 4 is 39.6 Å². The van der Waals surface area contributed by atoms with Gasteiger partial charge in [0.25, 0.3) is 5.56 Å². The van der Waals surface area contributed by atoms with Gasteiger partial charge in [0.2, 0.25) is 4.96 Å². The van der Waals surface area contributed by atoms with Crippen LogP contribution in [-0.2, 0) is 6.54 Å². The topological polar surface area (TPSA) is 82.8 Å². The maximum atomic E-state index is 13.8. The summed E-state index contributed by atoms with van der Waals surface area (Å²) in [6.45, 7) is 2.38. The van der Waals surface area contributed by atoms with Gasteiger partial charge in [-0.15, -0.1) is 0 Å². The molecule has 0 bridgehead atoms. The summed E-state index contributed by atoms with van der Waals surface area (Å²) in [7, 11) is 0. The van der Waals surface area contributed by atoms with E-state index in [-0.39, 0.29) is 11.2 Å². The standard InChI is InChI=1S/C23H19ClF2N6O2S/c24-15-3-1-14(2-4-15)21-29-32-20(33)12-17(27-23(32)35-21)13-30-7-9-31(10-8-30)22(34)28-19-6-5-16(25)11-18(19)26/h1-6,11-12H,7-10,13H2,(H,28,34). The van der Waals surface area contributed by atoms with Crippen LogP contribution in [0.15, 0.2) is 53.3 Å². The van der Waals surface area contributed by atoms with Crippen molar-refractivity contribution in [2.75, 3.05) is 31.5 Å². The first kappa shape index (κ1) is 23.3. The van der Waals surface area contributed by atoms with Crippen LogP contribution in [-0.4, -0.2) is 56.6 Å². The molecule has 1 fully saturated rings. The number of piperazine rings is 1. The van der Waals surface area contributed by atoms with Crippen LogP contribution in [0.5, 0.6) is 0 Å². The number of amides is 2. The number of anilines is 1. The number of carbonyl (C=O) groups is 1. The molecule has 4 aromatic rings. The van der Waals surface area contributed by atoms with Crippen molar-refractivity contribution in [1.29, 1.82) is 0 Å². The number of benzene rings is 2. The van der Waals surface area contributed by atoms with E-state index in [1.54, 1.807) is 17.0 Å². The van der Waals surface area contributed by atoms with Crippen molar-refractivity contribution < 1.29 is 13.6 Å². The number of aromatic nitrogens is 3. The zero-order valence-electron chi connectivity index (χ0n) is 18.2. The van der Waals surface area contributed by atoms with E-state index in [9.17, 15) is 18.4 Å². The highest BCUT2D eigenvalue weighted by molar-refractivity contribution is 7.19. The number of fused-ring (bicyclic) bond motifs is 1. The largest absolute Gasteiger partial charge is 0.322 e. The Kier molecular flexibility index (Phi) is 6.46. The number of carbonyl (C=O) groups excluding carboxylic acids is 1. The molecule has 1 N–H and O–H groups in total. The van der Waals surface area contributed by atoms with Gasteiger partial charge in [0.05, 0.1) is 11.4 Å². The van der Waals surface area contributed by atoms with E-state index in [2.05, 4.69) is 20.3 Å². The van der Waals surface area contributed by atoms with Crippen molar-refractivity contribution in [1.82, 2.24) is 24.4 Å². The summed E-state index contributed by atoms with van der Waals surface area (Å²) in [4.78, 5) is 33.8. The Bertz CT molecular complexity index is 1450. The molecule has 0 unspecified atom stereocenters. The smallest absolute Gasteiger partial charge is 0.322 e. The Morgan fingerprint density at radius 1 is 1.06 bits per heavy atom. The number of halogens is 3. The third-order valence-corrected chi connectivity index (χ3v) is 6.82. The zero-order valence-corrected chi connectivity index (χ0v) is 19.8. The zero-order chi connectivity index (χ0) is 24.5. The van der Waals surface area contributed by atoms with Crippen LogP contribution < -0.4 is 10.9 Å². The Morgan fingerprint density at radius 2 is 1.80 bits per heavy atom. The van der Waals surface area contributed by atoms with Gasteiger partial charge in [0, 0.05) is 55.4 Å². The molecule has 5 rings (SSSR count). The van der Waals surface area contributed by atoms with E-state index in [1.165, 1.54) is 28.0 Å². The van der Waals surface area contributed by atoms with E-state index < -0.39 is 17.7 Å². The highest BCUT2D eigenvalue weighted by atomic mass is 35.5. The molecule has 0 atom stereocenters. The number of nitrogens with one attached hydrogen (secondary N) is 1. The van der Waals surface area contributed by atoms with Crippen LogP contribution in [0.3, 0.4) is 0 Å². The van der Waals surface area contributed by atoms with E-state index in [4.69, 9.17) is 11.6 Å². The molecule has 2 aromatic carbocycles. The van der Waals surface area contributed by atoms with Crippen LogP contribution in [0.25, 0.3) is 15.5 Å². The van der Waals surface area contributed by atoms with Gasteiger partial charge in [-0.3, -0.25) is 9.69 Å². The molecule has 1 aliphatic rings. The molecule has 1 saturated heterocycles. The predicted octanol–water partition coefficient (Wildman–Crippen LogP) is 4.10. The number of hydrogen-bond acceptors (Lipinski definition) is 6. The lowest BCUT2D eigenvalue weighted by Gasteiger charge is -2.34. The third-order valence-electron chi connectivity index (χ3n) is 5.61. The van der Waals surface area contributed by atoms with Crippen LogP contribution in [0.1, 0.15) is 5.69 Å². The first-order valence-electron chi connectivity index (χ1n) is 10.7. The van der Waals surface area contributed by atoms with Crippen molar-refractivity contribution in [3.63, 3.8) is 0 Å². The molecule has 2 amide bonds. The average molecular weight is 517 g/mol. The summed E-state index contributed by atoms with van der Waals surface area (Å²) in [6.07, 6.45) is 0. The van der Waals surface area contributed by atoms with Crippen molar-refractivity contribution in [3.8, 4) is 10.6 Å². The Morgan fingerprint density at radius 3 is 2.51 bits per heavy atom. The molecule has 35 heavy (non-hydrogen) atoms. The van der Waals surface area contributed by atoms with Gasteiger partial charge in [-0.25, -0.2) is 18.6 Å². The lowest BCUT2D eigenvalue weighted by Crippen LogP contribution is -2.49. The Balaban J connectivity index is 1.23. The highest BCUT2D eigenvalue weighted by Gasteiger charge is 2.23. The summed E-state index contributed by atoms with van der Waals surface area (Å²) >= 11 is 7.27. The molecule has 1 aliphatic heterocycles. The minimum Gasteiger partial charge on any atom is -0.322 e. The number of urea groups is 1. The first-order valence-corrected chi connectivity index (χ1v) is 11.9. The molecule has 0 spiro atoms. The van der Waals surface area contributed by atoms with Gasteiger partial charge in [-0.05, 0) is 24.3 Å². The number of hydrogen-bond donors (Lipinski definition) is 1. The maximum absolute atomic E-state index is 13.8. The minimum absolute atomic E-state index is 0.0701. The molecule has 0 radical (unpaired) electrons. The number of nitrogens with zero attached hydrogens (tertiary/aromatic N) is 5. The lowest BCUT2D eigenvalue weighted by molar-refractivity contribution is 0.142. The molecule has 2 aromatic heterocycles. The fourth-order valence-electron chi connectivity index (χ4n) is 3.77. The third kappa shape index (κ3) is 5.16. The first-order chi connectivity index (χ1) is 16.9. The van der Waals surface area contributed by atoms with Crippen molar-refractivity contribution in [2.45, 2.75) is 6.54 Å². The monoisotopic (exact) mass is 516 g/mol. The van der Waals surface area contributed by atoms with Gasteiger partial charge in [-0.1, -0.05) is 35.1 Å². The molecule has 3 heterocycles. The molecular formula is C23H19ClF2N6O2S. The van der Waals surface area contributed by atoms with E-state index in [0.29, 0.717) is 53.4 Å². The second-order valence-electron chi connectivity index (χ2n) is 8.01. The molecular weight excluding hydrogens is 498 g/mol. The number of rotatable bonds is 4. The van der Waals surface area contributed by atoms with Gasteiger partial charge in [-0.2, -0.15) is 9.61 Å². The summed E-state index contributed by atoms with van der Waals surface area (Å²) < 4.78 is 28.2. The molecule has 8 nitrogen and oxygen atoms in total. The van der Waals surface area contributed by atoms with Crippen LogP contribution in [0, 0.1) is 11.6 Å². The lowest BCUT2D eigenvalue weighted by atomic mass is 10.2. The van der Waals surface area contributed by atoms with Crippen molar-refractivity contribution in [2.24, 2.45) is 0 Å². The fraction of sp³-hybridized carbons (Fsp3) is 0.217. The van der Waals surface area contributed by atoms with Gasteiger partial charge >= 0.3 is 6.03 Å². The van der Waals surface area contributed by atoms with Gasteiger partial charge < -0.3 is 10.2 Å². The molecule has 180 valence electrons. The Labute approximate surface area is 207 Å². The van der Waals surface area contributed by atoms with Gasteiger partial charge in [0.15, 0.2) is 0 Å². The molecule has 0 saturated carbocycles.